The van der Waals surface area contributed by atoms with E-state index in [0.29, 0.717) is 18.7 Å². The van der Waals surface area contributed by atoms with E-state index >= 15 is 0 Å². The topological polar surface area (TPSA) is 95.6 Å². The fourth-order valence-corrected chi connectivity index (χ4v) is 4.53. The predicted molar refractivity (Wildman–Crippen MR) is 109 cm³/mol. The van der Waals surface area contributed by atoms with Crippen LogP contribution < -0.4 is 10.6 Å². The number of hydrogen-bond acceptors (Lipinski definition) is 4. The number of amides is 2. The summed E-state index contributed by atoms with van der Waals surface area (Å²) in [6.07, 6.45) is 8.29. The van der Waals surface area contributed by atoms with Gasteiger partial charge in [0.05, 0.1) is 11.4 Å². The number of nitrogens with one attached hydrogen (secondary N) is 2. The third-order valence-electron chi connectivity index (χ3n) is 4.82. The van der Waals surface area contributed by atoms with Gasteiger partial charge in [0.1, 0.15) is 0 Å². The average molecular weight is 410 g/mol. The van der Waals surface area contributed by atoms with Crippen LogP contribution in [0.15, 0.2) is 29.2 Å². The summed E-state index contributed by atoms with van der Waals surface area (Å²) in [5, 5.41) is 5.48. The molecule has 2 N–H and O–H groups in total. The quantitative estimate of drug-likeness (QED) is 0.548. The maximum absolute atomic E-state index is 12.6. The summed E-state index contributed by atoms with van der Waals surface area (Å²) in [5.41, 5.74) is 0.429. The highest BCUT2D eigenvalue weighted by molar-refractivity contribution is 7.89. The largest absolute Gasteiger partial charge is 0.354 e. The first-order chi connectivity index (χ1) is 13.4. The number of piperazine rings is 1. The van der Waals surface area contributed by atoms with Crippen molar-refractivity contribution in [2.75, 3.05) is 26.2 Å². The van der Waals surface area contributed by atoms with E-state index in [1.807, 2.05) is 0 Å². The van der Waals surface area contributed by atoms with Crippen LogP contribution in [0.1, 0.15) is 62.2 Å². The monoisotopic (exact) mass is 409 g/mol. The van der Waals surface area contributed by atoms with Crippen LogP contribution in [0.2, 0.25) is 0 Å². The number of rotatable bonds is 11. The van der Waals surface area contributed by atoms with Crippen molar-refractivity contribution < 1.29 is 18.0 Å². The Kier molecular flexibility index (Phi) is 8.92. The van der Waals surface area contributed by atoms with E-state index < -0.39 is 10.0 Å². The van der Waals surface area contributed by atoms with E-state index in [4.69, 9.17) is 0 Å². The lowest BCUT2D eigenvalue weighted by atomic mass is 10.1. The maximum Gasteiger partial charge on any atom is 0.251 e. The van der Waals surface area contributed by atoms with E-state index in [0.717, 1.165) is 17.1 Å². The van der Waals surface area contributed by atoms with Crippen molar-refractivity contribution in [3.8, 4) is 0 Å². The van der Waals surface area contributed by atoms with Crippen LogP contribution in [-0.2, 0) is 14.8 Å². The lowest BCUT2D eigenvalue weighted by molar-refractivity contribution is -0.122. The Morgan fingerprint density at radius 1 is 1.07 bits per heavy atom. The molecule has 0 aromatic heterocycles. The molecule has 0 aliphatic carbocycles. The second-order valence-electron chi connectivity index (χ2n) is 7.09. The molecular formula is C20H31N3O4S. The van der Waals surface area contributed by atoms with Gasteiger partial charge in [-0.2, -0.15) is 4.31 Å². The van der Waals surface area contributed by atoms with E-state index in [-0.39, 0.29) is 29.8 Å². The summed E-state index contributed by atoms with van der Waals surface area (Å²) in [6.45, 7) is 3.19. The zero-order valence-electron chi connectivity index (χ0n) is 16.6. The molecule has 2 amide bonds. The molecule has 1 heterocycles. The zero-order valence-corrected chi connectivity index (χ0v) is 17.4. The molecule has 156 valence electrons. The van der Waals surface area contributed by atoms with Crippen molar-refractivity contribution in [1.29, 1.82) is 0 Å². The van der Waals surface area contributed by atoms with Crippen molar-refractivity contribution in [3.63, 3.8) is 0 Å². The number of sulfonamides is 1. The van der Waals surface area contributed by atoms with Crippen LogP contribution in [0.4, 0.5) is 0 Å². The number of hydrogen-bond donors (Lipinski definition) is 2. The van der Waals surface area contributed by atoms with Crippen molar-refractivity contribution in [2.45, 2.75) is 56.8 Å². The number of benzene rings is 1. The molecule has 0 saturated carbocycles. The SMILES string of the molecule is CCCCCCCCCNC(=O)c1ccc(S(=O)(=O)N2CCNC(=O)C2)cc1. The van der Waals surface area contributed by atoms with Crippen LogP contribution in [0.5, 0.6) is 0 Å². The number of unbranched alkanes of at least 4 members (excludes halogenated alkanes) is 6. The first-order valence-corrected chi connectivity index (χ1v) is 11.5. The molecule has 0 unspecified atom stereocenters. The van der Waals surface area contributed by atoms with Gasteiger partial charge in [0.2, 0.25) is 15.9 Å². The highest BCUT2D eigenvalue weighted by Gasteiger charge is 2.29. The predicted octanol–water partition coefficient (Wildman–Crippen LogP) is 2.29. The average Bonchev–Trinajstić information content (AvgIpc) is 2.70. The number of carbonyl (C=O) groups is 2. The zero-order chi connectivity index (χ0) is 20.4. The van der Waals surface area contributed by atoms with Gasteiger partial charge in [0.15, 0.2) is 0 Å². The molecule has 0 radical (unpaired) electrons. The van der Waals surface area contributed by atoms with Gasteiger partial charge in [0, 0.05) is 25.2 Å². The van der Waals surface area contributed by atoms with Crippen molar-refractivity contribution in [1.82, 2.24) is 14.9 Å². The Morgan fingerprint density at radius 3 is 2.36 bits per heavy atom. The molecule has 1 fully saturated rings. The third-order valence-corrected chi connectivity index (χ3v) is 6.68. The molecule has 0 spiro atoms. The van der Waals surface area contributed by atoms with E-state index in [9.17, 15) is 18.0 Å². The minimum Gasteiger partial charge on any atom is -0.354 e. The van der Waals surface area contributed by atoms with Gasteiger partial charge in [-0.05, 0) is 30.7 Å². The van der Waals surface area contributed by atoms with Crippen molar-refractivity contribution in [3.05, 3.63) is 29.8 Å². The van der Waals surface area contributed by atoms with Gasteiger partial charge in [0.25, 0.3) is 5.91 Å². The normalized spacial score (nSPS) is 15.2. The summed E-state index contributed by atoms with van der Waals surface area (Å²) < 4.78 is 26.3. The van der Waals surface area contributed by atoms with E-state index in [1.54, 1.807) is 0 Å². The summed E-state index contributed by atoms with van der Waals surface area (Å²) >= 11 is 0. The molecule has 28 heavy (non-hydrogen) atoms. The molecule has 1 aromatic carbocycles. The molecule has 7 nitrogen and oxygen atoms in total. The Labute approximate surface area is 167 Å². The van der Waals surface area contributed by atoms with Gasteiger partial charge >= 0.3 is 0 Å². The van der Waals surface area contributed by atoms with Gasteiger partial charge < -0.3 is 10.6 Å². The summed E-state index contributed by atoms with van der Waals surface area (Å²) in [4.78, 5) is 23.7. The standard InChI is InChI=1S/C20H31N3O4S/c1-2-3-4-5-6-7-8-13-22-20(25)17-9-11-18(12-10-17)28(26,27)23-15-14-21-19(24)16-23/h9-12H,2-8,13-16H2,1H3,(H,21,24)(H,22,25). The molecule has 0 atom stereocenters. The van der Waals surface area contributed by atoms with Crippen LogP contribution in [0.25, 0.3) is 0 Å². The highest BCUT2D eigenvalue weighted by atomic mass is 32.2. The number of carbonyl (C=O) groups excluding carboxylic acids is 2. The Balaban J connectivity index is 1.79. The first-order valence-electron chi connectivity index (χ1n) is 10.1. The Bertz CT molecular complexity index is 747. The second-order valence-corrected chi connectivity index (χ2v) is 9.03. The molecule has 1 aliphatic rings. The van der Waals surface area contributed by atoms with Gasteiger partial charge in [-0.25, -0.2) is 8.42 Å². The molecular weight excluding hydrogens is 378 g/mol. The Morgan fingerprint density at radius 2 is 1.71 bits per heavy atom. The second kappa shape index (κ2) is 11.2. The van der Waals surface area contributed by atoms with Crippen molar-refractivity contribution >= 4 is 21.8 Å². The van der Waals surface area contributed by atoms with Crippen LogP contribution in [-0.4, -0.2) is 50.7 Å². The smallest absolute Gasteiger partial charge is 0.251 e. The minimum absolute atomic E-state index is 0.0887. The molecule has 2 rings (SSSR count). The molecule has 1 saturated heterocycles. The lowest BCUT2D eigenvalue weighted by Gasteiger charge is -2.25. The summed E-state index contributed by atoms with van der Waals surface area (Å²) in [7, 11) is -3.73. The fourth-order valence-electron chi connectivity index (χ4n) is 3.13. The van der Waals surface area contributed by atoms with E-state index in [1.165, 1.54) is 56.4 Å². The number of nitrogens with zero attached hydrogens (tertiary/aromatic N) is 1. The molecule has 8 heteroatoms. The Hall–Kier alpha value is -1.93. The fraction of sp³-hybridized carbons (Fsp3) is 0.600. The summed E-state index contributed by atoms with van der Waals surface area (Å²) in [6, 6.07) is 5.86. The molecule has 0 bridgehead atoms. The third kappa shape index (κ3) is 6.60. The maximum atomic E-state index is 12.6. The lowest BCUT2D eigenvalue weighted by Crippen LogP contribution is -2.49. The van der Waals surface area contributed by atoms with Gasteiger partial charge in [-0.15, -0.1) is 0 Å². The van der Waals surface area contributed by atoms with Crippen LogP contribution >= 0.6 is 0 Å². The summed E-state index contributed by atoms with van der Waals surface area (Å²) in [5.74, 6) is -0.511. The minimum atomic E-state index is -3.73. The van der Waals surface area contributed by atoms with Gasteiger partial charge in [-0.1, -0.05) is 45.4 Å². The first kappa shape index (κ1) is 22.4. The van der Waals surface area contributed by atoms with Crippen molar-refractivity contribution in [2.24, 2.45) is 0 Å². The molecule has 1 aromatic rings. The molecule has 1 aliphatic heterocycles. The van der Waals surface area contributed by atoms with Crippen LogP contribution in [0, 0.1) is 0 Å². The van der Waals surface area contributed by atoms with Crippen LogP contribution in [0.3, 0.4) is 0 Å². The highest BCUT2D eigenvalue weighted by Crippen LogP contribution is 2.17. The van der Waals surface area contributed by atoms with Gasteiger partial charge in [-0.3, -0.25) is 9.59 Å². The van der Waals surface area contributed by atoms with E-state index in [2.05, 4.69) is 17.6 Å².